The molecule has 0 spiro atoms. The topological polar surface area (TPSA) is 63.6 Å². The van der Waals surface area contributed by atoms with E-state index in [0.29, 0.717) is 0 Å². The predicted molar refractivity (Wildman–Crippen MR) is 56.8 cm³/mol. The second kappa shape index (κ2) is 5.77. The molecule has 134 valence electrons. The Kier molecular flexibility index (Phi) is 4.80. The maximum atomic E-state index is 12.8. The van der Waals surface area contributed by atoms with Crippen LogP contribution < -0.4 is 0 Å². The van der Waals surface area contributed by atoms with E-state index in [1.165, 1.54) is 0 Å². The standard InChI is InChI=1S/C10H2F9NO3S/c11-8(12,13)4-1-5(9(14,15)16)7(24(22,23)20-3-21)6(2-4)10(17,18)19/h1-2H. The fourth-order valence-corrected chi connectivity index (χ4v) is 2.68. The van der Waals surface area contributed by atoms with Crippen LogP contribution in [0.15, 0.2) is 21.4 Å². The average molecular weight is 387 g/mol. The molecule has 4 nitrogen and oxygen atoms in total. The van der Waals surface area contributed by atoms with E-state index in [9.17, 15) is 52.7 Å². The van der Waals surface area contributed by atoms with Gasteiger partial charge in [-0.1, -0.05) is 4.40 Å². The molecule has 24 heavy (non-hydrogen) atoms. The van der Waals surface area contributed by atoms with E-state index in [-0.39, 0.29) is 6.08 Å². The van der Waals surface area contributed by atoms with Gasteiger partial charge < -0.3 is 0 Å². The van der Waals surface area contributed by atoms with E-state index in [2.05, 4.69) is 0 Å². The summed E-state index contributed by atoms with van der Waals surface area (Å²) in [6.07, 6.45) is -17.2. The van der Waals surface area contributed by atoms with Gasteiger partial charge in [-0.05, 0) is 12.1 Å². The Morgan fingerprint density at radius 2 is 1.17 bits per heavy atom. The molecule has 0 bridgehead atoms. The second-order valence-corrected chi connectivity index (χ2v) is 5.59. The first-order valence-electron chi connectivity index (χ1n) is 5.25. The van der Waals surface area contributed by atoms with Gasteiger partial charge in [-0.3, -0.25) is 0 Å². The summed E-state index contributed by atoms with van der Waals surface area (Å²) in [5.74, 6) is 0. The molecule has 1 aromatic rings. The predicted octanol–water partition coefficient (Wildman–Crippen LogP) is 3.77. The SMILES string of the molecule is O=C=NS(=O)(=O)c1c(C(F)(F)F)cc(C(F)(F)F)cc1C(F)(F)F. The van der Waals surface area contributed by atoms with Gasteiger partial charge in [0.05, 0.1) is 16.7 Å². The van der Waals surface area contributed by atoms with Gasteiger partial charge in [-0.2, -0.15) is 47.9 Å². The van der Waals surface area contributed by atoms with Gasteiger partial charge in [0.25, 0.3) is 16.1 Å². The fraction of sp³-hybridized carbons (Fsp3) is 0.300. The smallest absolute Gasteiger partial charge is 0.210 e. The molecule has 0 unspecified atom stereocenters. The number of isocyanates is 1. The van der Waals surface area contributed by atoms with Crippen LogP contribution in [0.25, 0.3) is 0 Å². The summed E-state index contributed by atoms with van der Waals surface area (Å²) in [5.41, 5.74) is -7.90. The van der Waals surface area contributed by atoms with Crippen LogP contribution in [0.4, 0.5) is 39.5 Å². The first-order valence-corrected chi connectivity index (χ1v) is 6.69. The molecule has 0 atom stereocenters. The monoisotopic (exact) mass is 387 g/mol. The summed E-state index contributed by atoms with van der Waals surface area (Å²) in [6, 6.07) is -1.63. The van der Waals surface area contributed by atoms with E-state index < -0.39 is 62.3 Å². The molecule has 0 saturated heterocycles. The van der Waals surface area contributed by atoms with E-state index in [1.54, 1.807) is 0 Å². The van der Waals surface area contributed by atoms with Crippen LogP contribution in [0.5, 0.6) is 0 Å². The van der Waals surface area contributed by atoms with Crippen molar-refractivity contribution in [2.75, 3.05) is 0 Å². The number of alkyl halides is 9. The zero-order valence-electron chi connectivity index (χ0n) is 10.6. The summed E-state index contributed by atoms with van der Waals surface area (Å²) < 4.78 is 139. The summed E-state index contributed by atoms with van der Waals surface area (Å²) in [6.45, 7) is 0. The molecule has 0 aromatic heterocycles. The van der Waals surface area contributed by atoms with Crippen LogP contribution in [-0.4, -0.2) is 14.5 Å². The quantitative estimate of drug-likeness (QED) is 0.441. The fourth-order valence-electron chi connectivity index (χ4n) is 1.59. The Bertz CT molecular complexity index is 763. The third-order valence-electron chi connectivity index (χ3n) is 2.44. The highest BCUT2D eigenvalue weighted by Crippen LogP contribution is 2.45. The maximum absolute atomic E-state index is 12.8. The minimum absolute atomic E-state index is 0.239. The molecular weight excluding hydrogens is 385 g/mol. The van der Waals surface area contributed by atoms with Crippen molar-refractivity contribution < 1.29 is 52.7 Å². The minimum Gasteiger partial charge on any atom is -0.210 e. The number of sulfonamides is 1. The van der Waals surface area contributed by atoms with Gasteiger partial charge in [-0.15, -0.1) is 0 Å². The highest BCUT2D eigenvalue weighted by atomic mass is 32.2. The number of carbonyl (C=O) groups excluding carboxylic acids is 1. The van der Waals surface area contributed by atoms with Crippen molar-refractivity contribution in [3.63, 3.8) is 0 Å². The Morgan fingerprint density at radius 1 is 0.792 bits per heavy atom. The molecular formula is C10H2F9NO3S. The van der Waals surface area contributed by atoms with Crippen molar-refractivity contribution in [2.24, 2.45) is 4.40 Å². The third-order valence-corrected chi connectivity index (χ3v) is 3.71. The number of hydrogen-bond acceptors (Lipinski definition) is 3. The first kappa shape index (κ1) is 20.0. The zero-order valence-corrected chi connectivity index (χ0v) is 11.5. The van der Waals surface area contributed by atoms with Gasteiger partial charge >= 0.3 is 18.5 Å². The van der Waals surface area contributed by atoms with Crippen molar-refractivity contribution in [3.05, 3.63) is 28.8 Å². The summed E-state index contributed by atoms with van der Waals surface area (Å²) in [5, 5.41) is 0. The normalized spacial score (nSPS) is 13.5. The van der Waals surface area contributed by atoms with E-state index in [0.717, 1.165) is 0 Å². The molecule has 0 heterocycles. The molecule has 0 aliphatic heterocycles. The molecule has 0 saturated carbocycles. The van der Waals surface area contributed by atoms with Crippen LogP contribution in [0.1, 0.15) is 16.7 Å². The molecule has 0 radical (unpaired) electrons. The summed E-state index contributed by atoms with van der Waals surface area (Å²) in [4.78, 5) is 7.32. The average Bonchev–Trinajstić information content (AvgIpc) is 2.33. The van der Waals surface area contributed by atoms with E-state index >= 15 is 0 Å². The van der Waals surface area contributed by atoms with Gasteiger partial charge in [0.15, 0.2) is 0 Å². The molecule has 1 aromatic carbocycles. The molecule has 0 fully saturated rings. The molecule has 1 rings (SSSR count). The Hall–Kier alpha value is -2.08. The van der Waals surface area contributed by atoms with Gasteiger partial charge in [0, 0.05) is 0 Å². The van der Waals surface area contributed by atoms with Crippen LogP contribution >= 0.6 is 0 Å². The number of nitrogens with zero attached hydrogens (tertiary/aromatic N) is 1. The van der Waals surface area contributed by atoms with Crippen LogP contribution in [-0.2, 0) is 33.3 Å². The van der Waals surface area contributed by atoms with Crippen LogP contribution in [0, 0.1) is 0 Å². The lowest BCUT2D eigenvalue weighted by Crippen LogP contribution is -2.21. The number of halogens is 9. The van der Waals surface area contributed by atoms with Crippen molar-refractivity contribution >= 4 is 16.1 Å². The number of rotatable bonds is 2. The van der Waals surface area contributed by atoms with Gasteiger partial charge in [-0.25, -0.2) is 4.79 Å². The van der Waals surface area contributed by atoms with Gasteiger partial charge in [0.2, 0.25) is 0 Å². The van der Waals surface area contributed by atoms with Crippen molar-refractivity contribution in [2.45, 2.75) is 23.4 Å². The zero-order chi connectivity index (χ0) is 19.1. The summed E-state index contributed by atoms with van der Waals surface area (Å²) >= 11 is 0. The molecule has 0 N–H and O–H groups in total. The minimum atomic E-state index is -5.91. The lowest BCUT2D eigenvalue weighted by Gasteiger charge is -2.19. The second-order valence-electron chi connectivity index (χ2n) is 4.05. The lowest BCUT2D eigenvalue weighted by molar-refractivity contribution is -0.152. The van der Waals surface area contributed by atoms with E-state index in [4.69, 9.17) is 0 Å². The highest BCUT2D eigenvalue weighted by molar-refractivity contribution is 7.90. The van der Waals surface area contributed by atoms with Crippen molar-refractivity contribution in [1.82, 2.24) is 0 Å². The number of hydrogen-bond donors (Lipinski definition) is 0. The van der Waals surface area contributed by atoms with Crippen molar-refractivity contribution in [1.29, 1.82) is 0 Å². The first-order chi connectivity index (χ1) is 10.5. The number of benzene rings is 1. The molecule has 0 aliphatic carbocycles. The Labute approximate surface area is 126 Å². The highest BCUT2D eigenvalue weighted by Gasteiger charge is 2.48. The molecule has 0 amide bonds. The molecule has 0 aliphatic rings. The molecule has 14 heteroatoms. The van der Waals surface area contributed by atoms with Crippen LogP contribution in [0.3, 0.4) is 0 Å². The summed E-state index contributed by atoms with van der Waals surface area (Å²) in [7, 11) is -5.91. The van der Waals surface area contributed by atoms with Crippen molar-refractivity contribution in [3.8, 4) is 0 Å². The van der Waals surface area contributed by atoms with Crippen LogP contribution in [0.2, 0.25) is 0 Å². The maximum Gasteiger partial charge on any atom is 0.417 e. The lowest BCUT2D eigenvalue weighted by atomic mass is 10.0. The van der Waals surface area contributed by atoms with Gasteiger partial charge in [0.1, 0.15) is 4.90 Å². The Balaban J connectivity index is 4.15. The third kappa shape index (κ3) is 4.06. The Morgan fingerprint density at radius 3 is 1.42 bits per heavy atom. The van der Waals surface area contributed by atoms with E-state index in [1.807, 2.05) is 4.40 Å². The largest absolute Gasteiger partial charge is 0.417 e.